The van der Waals surface area contributed by atoms with Crippen molar-refractivity contribution in [3.05, 3.63) is 26.7 Å². The van der Waals surface area contributed by atoms with Crippen molar-refractivity contribution in [1.82, 2.24) is 19.5 Å². The van der Waals surface area contributed by atoms with Crippen molar-refractivity contribution in [2.45, 2.75) is 40.7 Å². The zero-order chi connectivity index (χ0) is 13.5. The van der Waals surface area contributed by atoms with Crippen LogP contribution in [0.25, 0.3) is 11.2 Å². The molecule has 2 heterocycles. The zero-order valence-electron chi connectivity index (χ0n) is 11.1. The minimum Gasteiger partial charge on any atom is -0.336 e. The number of rotatable bonds is 2. The smallest absolute Gasteiger partial charge is 0.330 e. The van der Waals surface area contributed by atoms with Gasteiger partial charge in [-0.15, -0.1) is 0 Å². The van der Waals surface area contributed by atoms with Gasteiger partial charge >= 0.3 is 5.69 Å². The third kappa shape index (κ3) is 2.23. The van der Waals surface area contributed by atoms with Crippen LogP contribution in [0.4, 0.5) is 0 Å². The Balaban J connectivity index is 2.67. The molecular weight excluding hydrogens is 232 g/mol. The highest BCUT2D eigenvalue weighted by Crippen LogP contribution is 2.19. The second-order valence-electron chi connectivity index (χ2n) is 5.62. The summed E-state index contributed by atoms with van der Waals surface area (Å²) in [6, 6.07) is 0. The van der Waals surface area contributed by atoms with Gasteiger partial charge in [-0.1, -0.05) is 20.8 Å². The van der Waals surface area contributed by atoms with E-state index in [0.29, 0.717) is 17.7 Å². The highest BCUT2D eigenvalue weighted by atomic mass is 16.2. The van der Waals surface area contributed by atoms with Gasteiger partial charge in [-0.05, 0) is 12.3 Å². The highest BCUT2D eigenvalue weighted by molar-refractivity contribution is 5.69. The van der Waals surface area contributed by atoms with Gasteiger partial charge in [-0.2, -0.15) is 0 Å². The maximum Gasteiger partial charge on any atom is 0.330 e. The van der Waals surface area contributed by atoms with Gasteiger partial charge in [0.2, 0.25) is 0 Å². The largest absolute Gasteiger partial charge is 0.336 e. The molecule has 0 saturated carbocycles. The Bertz CT molecular complexity index is 685. The fourth-order valence-corrected chi connectivity index (χ4v) is 1.97. The summed E-state index contributed by atoms with van der Waals surface area (Å²) in [5, 5.41) is 0. The van der Waals surface area contributed by atoms with Gasteiger partial charge in [0.25, 0.3) is 5.56 Å². The molecule has 0 radical (unpaired) electrons. The molecule has 0 spiro atoms. The van der Waals surface area contributed by atoms with Crippen molar-refractivity contribution < 1.29 is 0 Å². The number of imidazole rings is 1. The van der Waals surface area contributed by atoms with Crippen LogP contribution in [-0.4, -0.2) is 19.5 Å². The molecule has 0 atom stereocenters. The molecule has 0 aliphatic carbocycles. The maximum absolute atomic E-state index is 11.7. The molecule has 0 amide bonds. The number of nitrogens with one attached hydrogen (secondary N) is 2. The molecule has 0 fully saturated rings. The zero-order valence-corrected chi connectivity index (χ0v) is 11.1. The first kappa shape index (κ1) is 12.6. The molecule has 0 saturated heterocycles. The third-order valence-electron chi connectivity index (χ3n) is 2.70. The minimum absolute atomic E-state index is 0.0674. The summed E-state index contributed by atoms with van der Waals surface area (Å²) in [7, 11) is 0. The maximum atomic E-state index is 11.7. The first-order valence-corrected chi connectivity index (χ1v) is 6.03. The van der Waals surface area contributed by atoms with Crippen molar-refractivity contribution >= 4 is 11.2 Å². The molecule has 0 aliphatic heterocycles. The second kappa shape index (κ2) is 4.12. The molecule has 0 aliphatic rings. The lowest BCUT2D eigenvalue weighted by Crippen LogP contribution is -2.29. The van der Waals surface area contributed by atoms with Crippen LogP contribution in [0.5, 0.6) is 0 Å². The summed E-state index contributed by atoms with van der Waals surface area (Å²) in [5.74, 6) is 0.732. The quantitative estimate of drug-likeness (QED) is 0.834. The fourth-order valence-electron chi connectivity index (χ4n) is 1.97. The number of hydrogen-bond acceptors (Lipinski definition) is 3. The topological polar surface area (TPSA) is 83.5 Å². The van der Waals surface area contributed by atoms with Crippen LogP contribution in [0.15, 0.2) is 9.59 Å². The van der Waals surface area contributed by atoms with Gasteiger partial charge in [-0.25, -0.2) is 9.78 Å². The van der Waals surface area contributed by atoms with E-state index in [1.54, 1.807) is 0 Å². The van der Waals surface area contributed by atoms with Crippen LogP contribution in [0.1, 0.15) is 33.5 Å². The summed E-state index contributed by atoms with van der Waals surface area (Å²) in [5.41, 5.74) is 0.0511. The minimum atomic E-state index is -0.413. The Morgan fingerprint density at radius 1 is 1.22 bits per heavy atom. The number of fused-ring (bicyclic) bond motifs is 1. The standard InChI is InChI=1S/C12H18N4O2/c1-5-16-9-8(10(17)15-11(16)18)13-7(14-9)6-12(2,3)4/h5-6H2,1-4H3,(H,13,14)(H,15,17,18). The lowest BCUT2D eigenvalue weighted by Gasteiger charge is -2.15. The van der Waals surface area contributed by atoms with E-state index in [1.807, 2.05) is 6.92 Å². The molecular formula is C12H18N4O2. The molecule has 2 N–H and O–H groups in total. The Morgan fingerprint density at radius 2 is 1.89 bits per heavy atom. The van der Waals surface area contributed by atoms with Crippen LogP contribution < -0.4 is 11.2 Å². The summed E-state index contributed by atoms with van der Waals surface area (Å²) < 4.78 is 1.46. The summed E-state index contributed by atoms with van der Waals surface area (Å²) >= 11 is 0. The van der Waals surface area contributed by atoms with E-state index in [-0.39, 0.29) is 5.41 Å². The van der Waals surface area contributed by atoms with Crippen LogP contribution in [-0.2, 0) is 13.0 Å². The molecule has 2 rings (SSSR count). The van der Waals surface area contributed by atoms with Gasteiger partial charge in [0.1, 0.15) is 11.3 Å². The van der Waals surface area contributed by atoms with Crippen molar-refractivity contribution in [2.75, 3.05) is 0 Å². The molecule has 98 valence electrons. The molecule has 2 aromatic rings. The monoisotopic (exact) mass is 250 g/mol. The lowest BCUT2D eigenvalue weighted by atomic mass is 9.92. The number of aryl methyl sites for hydroxylation is 1. The van der Waals surface area contributed by atoms with Crippen molar-refractivity contribution in [3.8, 4) is 0 Å². The van der Waals surface area contributed by atoms with Crippen LogP contribution in [0.2, 0.25) is 0 Å². The molecule has 0 aromatic carbocycles. The number of aromatic nitrogens is 4. The van der Waals surface area contributed by atoms with E-state index < -0.39 is 11.2 Å². The number of H-pyrrole nitrogens is 2. The SMILES string of the molecule is CCn1c(=O)[nH]c(=O)c2[nH]c(CC(C)(C)C)nc21. The molecule has 0 bridgehead atoms. The number of nitrogens with zero attached hydrogens (tertiary/aromatic N) is 2. The summed E-state index contributed by atoms with van der Waals surface area (Å²) in [4.78, 5) is 33.0. The van der Waals surface area contributed by atoms with Gasteiger partial charge in [-0.3, -0.25) is 14.3 Å². The lowest BCUT2D eigenvalue weighted by molar-refractivity contribution is 0.402. The van der Waals surface area contributed by atoms with E-state index in [0.717, 1.165) is 12.2 Å². The molecule has 6 nitrogen and oxygen atoms in total. The van der Waals surface area contributed by atoms with E-state index in [2.05, 4.69) is 35.7 Å². The molecule has 18 heavy (non-hydrogen) atoms. The fraction of sp³-hybridized carbons (Fsp3) is 0.583. The van der Waals surface area contributed by atoms with Gasteiger partial charge in [0.05, 0.1) is 0 Å². The van der Waals surface area contributed by atoms with Crippen LogP contribution >= 0.6 is 0 Å². The van der Waals surface area contributed by atoms with E-state index >= 15 is 0 Å². The molecule has 0 unspecified atom stereocenters. The first-order chi connectivity index (χ1) is 8.31. The Hall–Kier alpha value is -1.85. The van der Waals surface area contributed by atoms with Crippen LogP contribution in [0, 0.1) is 5.41 Å². The number of hydrogen-bond donors (Lipinski definition) is 2. The normalized spacial score (nSPS) is 12.2. The van der Waals surface area contributed by atoms with E-state index in [9.17, 15) is 9.59 Å². The Morgan fingerprint density at radius 3 is 2.44 bits per heavy atom. The van der Waals surface area contributed by atoms with Crippen LogP contribution in [0.3, 0.4) is 0 Å². The van der Waals surface area contributed by atoms with E-state index in [1.165, 1.54) is 4.57 Å². The number of aromatic amines is 2. The van der Waals surface area contributed by atoms with Gasteiger partial charge in [0, 0.05) is 13.0 Å². The average Bonchev–Trinajstić information content (AvgIpc) is 2.59. The Kier molecular flexibility index (Phi) is 2.88. The summed E-state index contributed by atoms with van der Waals surface area (Å²) in [6.07, 6.45) is 0.721. The Labute approximate surface area is 104 Å². The van der Waals surface area contributed by atoms with Crippen molar-refractivity contribution in [1.29, 1.82) is 0 Å². The predicted octanol–water partition coefficient (Wildman–Crippen LogP) is 1.02. The van der Waals surface area contributed by atoms with E-state index in [4.69, 9.17) is 0 Å². The third-order valence-corrected chi connectivity index (χ3v) is 2.70. The second-order valence-corrected chi connectivity index (χ2v) is 5.62. The predicted molar refractivity (Wildman–Crippen MR) is 69.8 cm³/mol. The van der Waals surface area contributed by atoms with Crippen molar-refractivity contribution in [3.63, 3.8) is 0 Å². The summed E-state index contributed by atoms with van der Waals surface area (Å²) in [6.45, 7) is 8.61. The van der Waals surface area contributed by atoms with Crippen molar-refractivity contribution in [2.24, 2.45) is 5.41 Å². The average molecular weight is 250 g/mol. The highest BCUT2D eigenvalue weighted by Gasteiger charge is 2.17. The molecule has 2 aromatic heterocycles. The molecule has 6 heteroatoms. The van der Waals surface area contributed by atoms with Gasteiger partial charge < -0.3 is 4.98 Å². The first-order valence-electron chi connectivity index (χ1n) is 6.03. The van der Waals surface area contributed by atoms with Gasteiger partial charge in [0.15, 0.2) is 5.65 Å².